The summed E-state index contributed by atoms with van der Waals surface area (Å²) < 4.78 is 7.81. The van der Waals surface area contributed by atoms with E-state index in [1.54, 1.807) is 7.11 Å². The van der Waals surface area contributed by atoms with E-state index in [4.69, 9.17) is 4.74 Å². The van der Waals surface area contributed by atoms with Crippen LogP contribution in [0.25, 0.3) is 5.69 Å². The highest BCUT2D eigenvalue weighted by atomic mass is 79.9. The molecule has 0 saturated carbocycles. The zero-order chi connectivity index (χ0) is 17.5. The maximum Gasteiger partial charge on any atom is 0.251 e. The van der Waals surface area contributed by atoms with Crippen LogP contribution in [0.3, 0.4) is 0 Å². The largest absolute Gasteiger partial charge is 0.383 e. The van der Waals surface area contributed by atoms with Crippen LogP contribution in [-0.4, -0.2) is 49.0 Å². The SMILES string of the molecule is COCCNCCNC(=O)c1ccc(-n2nc(C)c(Br)c2C)cc1. The third-order valence-corrected chi connectivity index (χ3v) is 4.80. The van der Waals surface area contributed by atoms with Crippen molar-refractivity contribution < 1.29 is 9.53 Å². The number of aromatic nitrogens is 2. The molecule has 7 heteroatoms. The predicted molar refractivity (Wildman–Crippen MR) is 97.8 cm³/mol. The first-order valence-electron chi connectivity index (χ1n) is 7.84. The van der Waals surface area contributed by atoms with Crippen molar-refractivity contribution in [2.75, 3.05) is 33.4 Å². The van der Waals surface area contributed by atoms with E-state index in [9.17, 15) is 4.79 Å². The number of methoxy groups -OCH3 is 1. The molecular weight excluding hydrogens is 372 g/mol. The van der Waals surface area contributed by atoms with Gasteiger partial charge in [0.05, 0.1) is 28.2 Å². The van der Waals surface area contributed by atoms with Gasteiger partial charge >= 0.3 is 0 Å². The fourth-order valence-corrected chi connectivity index (χ4v) is 2.54. The molecule has 0 aliphatic rings. The molecule has 1 amide bonds. The second-order valence-electron chi connectivity index (χ2n) is 5.44. The van der Waals surface area contributed by atoms with Crippen LogP contribution in [0, 0.1) is 13.8 Å². The van der Waals surface area contributed by atoms with E-state index >= 15 is 0 Å². The van der Waals surface area contributed by atoms with E-state index in [0.29, 0.717) is 25.3 Å². The van der Waals surface area contributed by atoms with Crippen LogP contribution in [0.5, 0.6) is 0 Å². The number of ether oxygens (including phenoxy) is 1. The van der Waals surface area contributed by atoms with Crippen molar-refractivity contribution in [3.63, 3.8) is 0 Å². The highest BCUT2D eigenvalue weighted by molar-refractivity contribution is 9.10. The van der Waals surface area contributed by atoms with Gasteiger partial charge in [-0.2, -0.15) is 5.10 Å². The summed E-state index contributed by atoms with van der Waals surface area (Å²) in [5.41, 5.74) is 3.54. The summed E-state index contributed by atoms with van der Waals surface area (Å²) in [6.45, 7) is 6.69. The molecule has 0 radical (unpaired) electrons. The van der Waals surface area contributed by atoms with Gasteiger partial charge in [-0.15, -0.1) is 0 Å². The molecule has 130 valence electrons. The normalized spacial score (nSPS) is 10.8. The van der Waals surface area contributed by atoms with Crippen LogP contribution < -0.4 is 10.6 Å². The van der Waals surface area contributed by atoms with Gasteiger partial charge in [0.25, 0.3) is 5.91 Å². The third-order valence-electron chi connectivity index (χ3n) is 3.65. The number of aryl methyl sites for hydroxylation is 1. The van der Waals surface area contributed by atoms with Crippen molar-refractivity contribution in [3.8, 4) is 5.69 Å². The van der Waals surface area contributed by atoms with E-state index in [0.717, 1.165) is 28.1 Å². The quantitative estimate of drug-likeness (QED) is 0.673. The molecular formula is C17H23BrN4O2. The summed E-state index contributed by atoms with van der Waals surface area (Å²) in [6.07, 6.45) is 0. The molecule has 0 aliphatic carbocycles. The highest BCUT2D eigenvalue weighted by Gasteiger charge is 2.11. The predicted octanol–water partition coefficient (Wildman–Crippen LogP) is 2.22. The maximum atomic E-state index is 12.1. The van der Waals surface area contributed by atoms with Crippen LogP contribution in [0.4, 0.5) is 0 Å². The second-order valence-corrected chi connectivity index (χ2v) is 6.24. The minimum atomic E-state index is -0.0790. The fraction of sp³-hybridized carbons (Fsp3) is 0.412. The van der Waals surface area contributed by atoms with Gasteiger partial charge in [0, 0.05) is 32.3 Å². The summed E-state index contributed by atoms with van der Waals surface area (Å²) >= 11 is 3.52. The van der Waals surface area contributed by atoms with E-state index in [-0.39, 0.29) is 5.91 Å². The number of rotatable bonds is 8. The number of nitrogens with one attached hydrogen (secondary N) is 2. The number of carbonyl (C=O) groups excluding carboxylic acids is 1. The highest BCUT2D eigenvalue weighted by Crippen LogP contribution is 2.23. The number of benzene rings is 1. The first-order valence-corrected chi connectivity index (χ1v) is 8.64. The van der Waals surface area contributed by atoms with Gasteiger partial charge in [-0.25, -0.2) is 4.68 Å². The minimum absolute atomic E-state index is 0.0790. The van der Waals surface area contributed by atoms with Crippen LogP contribution in [-0.2, 0) is 4.74 Å². The molecule has 2 rings (SSSR count). The van der Waals surface area contributed by atoms with Gasteiger partial charge in [-0.3, -0.25) is 4.79 Å². The van der Waals surface area contributed by atoms with Crippen LogP contribution >= 0.6 is 15.9 Å². The molecule has 2 N–H and O–H groups in total. The Balaban J connectivity index is 1.91. The molecule has 0 spiro atoms. The second kappa shape index (κ2) is 8.96. The summed E-state index contributed by atoms with van der Waals surface area (Å²) in [7, 11) is 1.66. The molecule has 0 unspecified atom stereocenters. The molecule has 1 aromatic heterocycles. The first-order chi connectivity index (χ1) is 11.5. The molecule has 6 nitrogen and oxygen atoms in total. The lowest BCUT2D eigenvalue weighted by molar-refractivity contribution is 0.0953. The van der Waals surface area contributed by atoms with Crippen molar-refractivity contribution in [2.24, 2.45) is 0 Å². The Hall–Kier alpha value is -1.70. The molecule has 2 aromatic rings. The molecule has 1 heterocycles. The van der Waals surface area contributed by atoms with Gasteiger partial charge in [-0.05, 0) is 54.0 Å². The Morgan fingerprint density at radius 2 is 1.92 bits per heavy atom. The standard InChI is InChI=1S/C17H23BrN4O2/c1-12-16(18)13(2)22(21-12)15-6-4-14(5-7-15)17(23)20-9-8-19-10-11-24-3/h4-7,19H,8-11H2,1-3H3,(H,20,23). The number of carbonyl (C=O) groups is 1. The monoisotopic (exact) mass is 394 g/mol. The molecule has 0 fully saturated rings. The van der Waals surface area contributed by atoms with Gasteiger partial charge in [-0.1, -0.05) is 0 Å². The average Bonchev–Trinajstić information content (AvgIpc) is 2.85. The van der Waals surface area contributed by atoms with Crippen LogP contribution in [0.1, 0.15) is 21.7 Å². The Labute approximate surface area is 150 Å². The molecule has 24 heavy (non-hydrogen) atoms. The topological polar surface area (TPSA) is 68.2 Å². The van der Waals surface area contributed by atoms with Gasteiger partial charge in [0.1, 0.15) is 0 Å². The zero-order valence-electron chi connectivity index (χ0n) is 14.2. The minimum Gasteiger partial charge on any atom is -0.383 e. The summed E-state index contributed by atoms with van der Waals surface area (Å²) in [5, 5.41) is 10.6. The van der Waals surface area contributed by atoms with Gasteiger partial charge < -0.3 is 15.4 Å². The molecule has 0 aliphatic heterocycles. The first kappa shape index (κ1) is 18.6. The lowest BCUT2D eigenvalue weighted by Crippen LogP contribution is -2.33. The number of hydrogen-bond donors (Lipinski definition) is 2. The smallest absolute Gasteiger partial charge is 0.251 e. The Morgan fingerprint density at radius 3 is 2.50 bits per heavy atom. The van der Waals surface area contributed by atoms with Crippen molar-refractivity contribution >= 4 is 21.8 Å². The number of amides is 1. The number of halogens is 1. The molecule has 0 bridgehead atoms. The molecule has 0 saturated heterocycles. The number of nitrogens with zero attached hydrogens (tertiary/aromatic N) is 2. The van der Waals surface area contributed by atoms with Crippen molar-refractivity contribution in [1.29, 1.82) is 0 Å². The fourth-order valence-electron chi connectivity index (χ4n) is 2.29. The van der Waals surface area contributed by atoms with E-state index < -0.39 is 0 Å². The van der Waals surface area contributed by atoms with Crippen molar-refractivity contribution in [3.05, 3.63) is 45.7 Å². The van der Waals surface area contributed by atoms with E-state index in [1.165, 1.54) is 0 Å². The van der Waals surface area contributed by atoms with E-state index in [2.05, 4.69) is 31.7 Å². The lowest BCUT2D eigenvalue weighted by atomic mass is 10.2. The number of hydrogen-bond acceptors (Lipinski definition) is 4. The average molecular weight is 395 g/mol. The lowest BCUT2D eigenvalue weighted by Gasteiger charge is -2.08. The summed E-state index contributed by atoms with van der Waals surface area (Å²) in [4.78, 5) is 12.1. The van der Waals surface area contributed by atoms with Gasteiger partial charge in [0.15, 0.2) is 0 Å². The summed E-state index contributed by atoms with van der Waals surface area (Å²) in [5.74, 6) is -0.0790. The van der Waals surface area contributed by atoms with Crippen LogP contribution in [0.15, 0.2) is 28.7 Å². The van der Waals surface area contributed by atoms with E-state index in [1.807, 2.05) is 42.8 Å². The Morgan fingerprint density at radius 1 is 1.21 bits per heavy atom. The summed E-state index contributed by atoms with van der Waals surface area (Å²) in [6, 6.07) is 7.43. The van der Waals surface area contributed by atoms with Gasteiger partial charge in [0.2, 0.25) is 0 Å². The third kappa shape index (κ3) is 4.66. The Bertz CT molecular complexity index is 683. The molecule has 0 atom stereocenters. The Kier molecular flexibility index (Phi) is 6.96. The molecule has 1 aromatic carbocycles. The zero-order valence-corrected chi connectivity index (χ0v) is 15.8. The van der Waals surface area contributed by atoms with Crippen LogP contribution in [0.2, 0.25) is 0 Å². The van der Waals surface area contributed by atoms with Crippen molar-refractivity contribution in [1.82, 2.24) is 20.4 Å². The van der Waals surface area contributed by atoms with Crippen molar-refractivity contribution in [2.45, 2.75) is 13.8 Å². The maximum absolute atomic E-state index is 12.1.